The van der Waals surface area contributed by atoms with E-state index in [1.807, 2.05) is 12.1 Å². The van der Waals surface area contributed by atoms with Crippen molar-refractivity contribution < 1.29 is 14.6 Å². The van der Waals surface area contributed by atoms with Crippen molar-refractivity contribution in [2.24, 2.45) is 5.92 Å². The monoisotopic (exact) mass is 232 g/mol. The first-order valence-corrected chi connectivity index (χ1v) is 6.07. The molecule has 2 aliphatic carbocycles. The van der Waals surface area contributed by atoms with Gasteiger partial charge in [-0.05, 0) is 48.9 Å². The van der Waals surface area contributed by atoms with Gasteiger partial charge in [-0.1, -0.05) is 6.07 Å². The van der Waals surface area contributed by atoms with Gasteiger partial charge in [0.1, 0.15) is 5.75 Å². The molecule has 1 N–H and O–H groups in total. The number of fused-ring (bicyclic) bond motifs is 2. The molecule has 0 aromatic heterocycles. The number of rotatable bonds is 1. The molecule has 0 bridgehead atoms. The SMILES string of the molecule is COC(=O)[C@H]1CC[C@]12CCc1ccc(O)cc12. The van der Waals surface area contributed by atoms with E-state index in [4.69, 9.17) is 4.74 Å². The minimum Gasteiger partial charge on any atom is -0.508 e. The molecule has 0 radical (unpaired) electrons. The highest BCUT2D eigenvalue weighted by atomic mass is 16.5. The Morgan fingerprint density at radius 3 is 2.94 bits per heavy atom. The van der Waals surface area contributed by atoms with Crippen LogP contribution < -0.4 is 0 Å². The molecule has 0 heterocycles. The molecular formula is C14H16O3. The summed E-state index contributed by atoms with van der Waals surface area (Å²) < 4.78 is 4.88. The number of phenolic OH excluding ortho intramolecular Hbond substituents is 1. The number of methoxy groups -OCH3 is 1. The Bertz CT molecular complexity index is 480. The molecule has 90 valence electrons. The molecule has 2 atom stereocenters. The highest BCUT2D eigenvalue weighted by Gasteiger charge is 2.55. The third-order valence-electron chi connectivity index (χ3n) is 4.50. The summed E-state index contributed by atoms with van der Waals surface area (Å²) in [6.07, 6.45) is 3.94. The number of carbonyl (C=O) groups excluding carboxylic acids is 1. The summed E-state index contributed by atoms with van der Waals surface area (Å²) in [5.41, 5.74) is 2.39. The molecule has 0 unspecified atom stereocenters. The number of ether oxygens (including phenoxy) is 1. The fourth-order valence-electron chi connectivity index (χ4n) is 3.48. The fraction of sp³-hybridized carbons (Fsp3) is 0.500. The van der Waals surface area contributed by atoms with E-state index in [2.05, 4.69) is 0 Å². The largest absolute Gasteiger partial charge is 0.508 e. The van der Waals surface area contributed by atoms with Crippen LogP contribution in [-0.4, -0.2) is 18.2 Å². The third-order valence-corrected chi connectivity index (χ3v) is 4.50. The van der Waals surface area contributed by atoms with Crippen LogP contribution in [0.4, 0.5) is 0 Å². The van der Waals surface area contributed by atoms with Crippen LogP contribution in [-0.2, 0) is 21.4 Å². The van der Waals surface area contributed by atoms with E-state index in [0.29, 0.717) is 5.75 Å². The maximum Gasteiger partial charge on any atom is 0.309 e. The van der Waals surface area contributed by atoms with Crippen LogP contribution in [0.2, 0.25) is 0 Å². The standard InChI is InChI=1S/C14H16O3/c1-17-13(16)11-5-7-14(11)6-4-9-2-3-10(15)8-12(9)14/h2-3,8,11,15H,4-7H2,1H3/t11-,14-/m1/s1. The second kappa shape index (κ2) is 3.49. The number of aryl methyl sites for hydroxylation is 1. The van der Waals surface area contributed by atoms with Crippen molar-refractivity contribution in [1.29, 1.82) is 0 Å². The predicted octanol–water partition coefficient (Wildman–Crippen LogP) is 2.16. The molecule has 1 spiro atoms. The van der Waals surface area contributed by atoms with E-state index in [-0.39, 0.29) is 17.3 Å². The number of hydrogen-bond acceptors (Lipinski definition) is 3. The molecule has 1 saturated carbocycles. The lowest BCUT2D eigenvalue weighted by atomic mass is 9.57. The number of esters is 1. The molecule has 17 heavy (non-hydrogen) atoms. The van der Waals surface area contributed by atoms with Gasteiger partial charge < -0.3 is 9.84 Å². The first-order valence-electron chi connectivity index (χ1n) is 6.07. The Morgan fingerprint density at radius 1 is 1.47 bits per heavy atom. The first kappa shape index (κ1) is 10.6. The molecule has 0 amide bonds. The fourth-order valence-corrected chi connectivity index (χ4v) is 3.48. The van der Waals surface area contributed by atoms with Gasteiger partial charge in [0.2, 0.25) is 0 Å². The molecular weight excluding hydrogens is 216 g/mol. The Kier molecular flexibility index (Phi) is 2.18. The van der Waals surface area contributed by atoms with Crippen LogP contribution in [0.3, 0.4) is 0 Å². The molecule has 0 aliphatic heterocycles. The van der Waals surface area contributed by atoms with Crippen molar-refractivity contribution in [3.05, 3.63) is 29.3 Å². The zero-order valence-corrected chi connectivity index (χ0v) is 9.90. The van der Waals surface area contributed by atoms with Gasteiger partial charge in [0.15, 0.2) is 0 Å². The summed E-state index contributed by atoms with van der Waals surface area (Å²) in [7, 11) is 1.45. The van der Waals surface area contributed by atoms with Gasteiger partial charge in [0.05, 0.1) is 13.0 Å². The quantitative estimate of drug-likeness (QED) is 0.755. The van der Waals surface area contributed by atoms with Crippen molar-refractivity contribution in [1.82, 2.24) is 0 Å². The molecule has 3 nitrogen and oxygen atoms in total. The van der Waals surface area contributed by atoms with Gasteiger partial charge >= 0.3 is 5.97 Å². The van der Waals surface area contributed by atoms with Crippen molar-refractivity contribution in [2.75, 3.05) is 7.11 Å². The van der Waals surface area contributed by atoms with E-state index >= 15 is 0 Å². The summed E-state index contributed by atoms with van der Waals surface area (Å²) in [4.78, 5) is 11.8. The van der Waals surface area contributed by atoms with Crippen LogP contribution >= 0.6 is 0 Å². The Morgan fingerprint density at radius 2 is 2.29 bits per heavy atom. The van der Waals surface area contributed by atoms with E-state index in [1.54, 1.807) is 6.07 Å². The lowest BCUT2D eigenvalue weighted by Crippen LogP contribution is -2.47. The summed E-state index contributed by atoms with van der Waals surface area (Å²) in [5.74, 6) is 0.170. The van der Waals surface area contributed by atoms with E-state index in [9.17, 15) is 9.90 Å². The Labute approximate surface area is 100 Å². The summed E-state index contributed by atoms with van der Waals surface area (Å²) >= 11 is 0. The van der Waals surface area contributed by atoms with Gasteiger partial charge in [-0.3, -0.25) is 4.79 Å². The summed E-state index contributed by atoms with van der Waals surface area (Å²) in [6, 6.07) is 5.53. The predicted molar refractivity (Wildman–Crippen MR) is 62.8 cm³/mol. The van der Waals surface area contributed by atoms with Crippen LogP contribution in [0.5, 0.6) is 5.75 Å². The number of carbonyl (C=O) groups is 1. The normalized spacial score (nSPS) is 29.8. The van der Waals surface area contributed by atoms with Gasteiger partial charge in [-0.2, -0.15) is 0 Å². The molecule has 2 aliphatic rings. The number of benzene rings is 1. The van der Waals surface area contributed by atoms with E-state index < -0.39 is 0 Å². The van der Waals surface area contributed by atoms with Crippen LogP contribution in [0.25, 0.3) is 0 Å². The number of aromatic hydroxyl groups is 1. The van der Waals surface area contributed by atoms with Gasteiger partial charge in [-0.15, -0.1) is 0 Å². The number of phenols is 1. The van der Waals surface area contributed by atoms with E-state index in [0.717, 1.165) is 25.7 Å². The average molecular weight is 232 g/mol. The lowest BCUT2D eigenvalue weighted by Gasteiger charge is -2.46. The second-order valence-corrected chi connectivity index (χ2v) is 5.11. The van der Waals surface area contributed by atoms with Gasteiger partial charge in [0, 0.05) is 5.41 Å². The summed E-state index contributed by atoms with van der Waals surface area (Å²) in [6.45, 7) is 0. The molecule has 1 aromatic rings. The van der Waals surface area contributed by atoms with Crippen molar-refractivity contribution in [3.8, 4) is 5.75 Å². The molecule has 1 fully saturated rings. The summed E-state index contributed by atoms with van der Waals surface area (Å²) in [5, 5.41) is 9.61. The van der Waals surface area contributed by atoms with Crippen LogP contribution in [0.15, 0.2) is 18.2 Å². The minimum absolute atomic E-state index is 0.0180. The van der Waals surface area contributed by atoms with Crippen LogP contribution in [0, 0.1) is 5.92 Å². The van der Waals surface area contributed by atoms with Crippen LogP contribution in [0.1, 0.15) is 30.4 Å². The minimum atomic E-state index is -0.104. The van der Waals surface area contributed by atoms with E-state index in [1.165, 1.54) is 18.2 Å². The van der Waals surface area contributed by atoms with Crippen molar-refractivity contribution in [2.45, 2.75) is 31.1 Å². The zero-order chi connectivity index (χ0) is 12.0. The topological polar surface area (TPSA) is 46.5 Å². The molecule has 3 rings (SSSR count). The van der Waals surface area contributed by atoms with Gasteiger partial charge in [-0.25, -0.2) is 0 Å². The smallest absolute Gasteiger partial charge is 0.309 e. The lowest BCUT2D eigenvalue weighted by molar-refractivity contribution is -0.153. The van der Waals surface area contributed by atoms with Crippen molar-refractivity contribution >= 4 is 5.97 Å². The third kappa shape index (κ3) is 1.31. The zero-order valence-electron chi connectivity index (χ0n) is 9.90. The molecule has 3 heteroatoms. The van der Waals surface area contributed by atoms with Crippen molar-refractivity contribution in [3.63, 3.8) is 0 Å². The average Bonchev–Trinajstić information content (AvgIpc) is 2.68. The first-order chi connectivity index (χ1) is 8.17. The molecule has 1 aromatic carbocycles. The Hall–Kier alpha value is -1.51. The second-order valence-electron chi connectivity index (χ2n) is 5.11. The maximum absolute atomic E-state index is 11.8. The van der Waals surface area contributed by atoms with Gasteiger partial charge in [0.25, 0.3) is 0 Å². The Balaban J connectivity index is 2.02. The highest BCUT2D eigenvalue weighted by molar-refractivity contribution is 5.77. The maximum atomic E-state index is 11.8. The molecule has 0 saturated heterocycles. The number of hydrogen-bond donors (Lipinski definition) is 1. The highest BCUT2D eigenvalue weighted by Crippen LogP contribution is 2.57.